The van der Waals surface area contributed by atoms with Gasteiger partial charge in [-0.25, -0.2) is 10.1 Å². The zero-order valence-corrected chi connectivity index (χ0v) is 17.6. The van der Waals surface area contributed by atoms with Crippen LogP contribution in [0, 0.1) is 0 Å². The second-order valence-electron chi connectivity index (χ2n) is 6.58. The third-order valence-electron chi connectivity index (χ3n) is 4.46. The summed E-state index contributed by atoms with van der Waals surface area (Å²) in [4.78, 5) is 15.8. The molecule has 11 nitrogen and oxygen atoms in total. The van der Waals surface area contributed by atoms with E-state index in [2.05, 4.69) is 35.8 Å². The van der Waals surface area contributed by atoms with Crippen LogP contribution in [0.3, 0.4) is 0 Å². The number of thiophene rings is 1. The van der Waals surface area contributed by atoms with Crippen molar-refractivity contribution in [3.8, 4) is 5.82 Å². The maximum Gasteiger partial charge on any atom is 0.293 e. The fourth-order valence-electron chi connectivity index (χ4n) is 2.85. The minimum absolute atomic E-state index is 0.0343. The largest absolute Gasteiger partial charge is 0.378 e. The Kier molecular flexibility index (Phi) is 5.71. The standard InChI is InChI=1S/C19H19N9O2S/c1-12(15-9-6-10-31-15)21-23-19(29)16-14(11-27(2)13-7-4-3-5-8-13)28(26-22-16)18-17(20)24-30-25-18/h3-10H,11H2,1-2H3,(H2,20,24)(H,23,29). The van der Waals surface area contributed by atoms with Gasteiger partial charge in [-0.2, -0.15) is 9.78 Å². The first-order valence-corrected chi connectivity index (χ1v) is 10.1. The van der Waals surface area contributed by atoms with Crippen LogP contribution in [0.2, 0.25) is 0 Å². The maximum atomic E-state index is 12.9. The van der Waals surface area contributed by atoms with E-state index in [0.717, 1.165) is 10.6 Å². The van der Waals surface area contributed by atoms with E-state index in [1.54, 1.807) is 0 Å². The predicted octanol–water partition coefficient (Wildman–Crippen LogP) is 2.08. The number of nitrogen functional groups attached to an aromatic ring is 1. The van der Waals surface area contributed by atoms with Crippen molar-refractivity contribution in [3.63, 3.8) is 0 Å². The Morgan fingerprint density at radius 2 is 2.06 bits per heavy atom. The smallest absolute Gasteiger partial charge is 0.293 e. The molecule has 0 saturated heterocycles. The van der Waals surface area contributed by atoms with Crippen molar-refractivity contribution in [1.29, 1.82) is 0 Å². The molecule has 0 fully saturated rings. The zero-order chi connectivity index (χ0) is 21.8. The molecular weight excluding hydrogens is 418 g/mol. The van der Waals surface area contributed by atoms with Crippen LogP contribution in [0.15, 0.2) is 57.6 Å². The van der Waals surface area contributed by atoms with Crippen molar-refractivity contribution in [2.75, 3.05) is 17.7 Å². The van der Waals surface area contributed by atoms with Gasteiger partial charge in [0.05, 0.1) is 18.0 Å². The Balaban J connectivity index is 1.65. The first-order valence-electron chi connectivity index (χ1n) is 9.22. The number of rotatable bonds is 7. The van der Waals surface area contributed by atoms with Gasteiger partial charge >= 0.3 is 0 Å². The number of aromatic nitrogens is 5. The van der Waals surface area contributed by atoms with E-state index in [9.17, 15) is 4.79 Å². The van der Waals surface area contributed by atoms with Crippen LogP contribution in [-0.4, -0.2) is 44.0 Å². The summed E-state index contributed by atoms with van der Waals surface area (Å²) in [7, 11) is 1.89. The van der Waals surface area contributed by atoms with Gasteiger partial charge in [0.25, 0.3) is 5.91 Å². The lowest BCUT2D eigenvalue weighted by Gasteiger charge is -2.19. The highest BCUT2D eigenvalue weighted by molar-refractivity contribution is 7.12. The molecule has 0 aliphatic heterocycles. The molecule has 1 amide bonds. The average Bonchev–Trinajstić information content (AvgIpc) is 3.53. The maximum absolute atomic E-state index is 12.9. The number of nitrogens with one attached hydrogen (secondary N) is 1. The van der Waals surface area contributed by atoms with Crippen molar-refractivity contribution >= 4 is 34.5 Å². The van der Waals surface area contributed by atoms with E-state index >= 15 is 0 Å². The number of hydrogen-bond donors (Lipinski definition) is 2. The molecule has 0 aliphatic rings. The molecule has 3 heterocycles. The van der Waals surface area contributed by atoms with E-state index < -0.39 is 5.91 Å². The number of carbonyl (C=O) groups excluding carboxylic acids is 1. The van der Waals surface area contributed by atoms with Crippen LogP contribution in [0.5, 0.6) is 0 Å². The fourth-order valence-corrected chi connectivity index (χ4v) is 3.53. The number of para-hydroxylation sites is 1. The summed E-state index contributed by atoms with van der Waals surface area (Å²) < 4.78 is 6.03. The third kappa shape index (κ3) is 4.28. The lowest BCUT2D eigenvalue weighted by atomic mass is 10.2. The monoisotopic (exact) mass is 437 g/mol. The molecule has 0 atom stereocenters. The normalized spacial score (nSPS) is 11.5. The van der Waals surface area contributed by atoms with Crippen LogP contribution < -0.4 is 16.1 Å². The lowest BCUT2D eigenvalue weighted by molar-refractivity contribution is 0.0949. The molecule has 0 saturated carbocycles. The van der Waals surface area contributed by atoms with Gasteiger partial charge in [0, 0.05) is 17.6 Å². The van der Waals surface area contributed by atoms with Crippen LogP contribution >= 0.6 is 11.3 Å². The first kappa shape index (κ1) is 20.2. The highest BCUT2D eigenvalue weighted by atomic mass is 32.1. The average molecular weight is 437 g/mol. The Morgan fingerprint density at radius 1 is 1.26 bits per heavy atom. The van der Waals surface area contributed by atoms with Crippen molar-refractivity contribution in [2.24, 2.45) is 5.10 Å². The molecule has 3 aromatic heterocycles. The number of hydrogen-bond acceptors (Lipinski definition) is 10. The van der Waals surface area contributed by atoms with Gasteiger partial charge in [0.15, 0.2) is 5.69 Å². The minimum Gasteiger partial charge on any atom is -0.378 e. The molecule has 3 N–H and O–H groups in total. The van der Waals surface area contributed by atoms with E-state index in [0.29, 0.717) is 18.0 Å². The van der Waals surface area contributed by atoms with Crippen molar-refractivity contribution < 1.29 is 9.42 Å². The highest BCUT2D eigenvalue weighted by Gasteiger charge is 2.25. The summed E-state index contributed by atoms with van der Waals surface area (Å²) in [6.07, 6.45) is 0. The van der Waals surface area contributed by atoms with Gasteiger partial charge in [-0.1, -0.05) is 29.5 Å². The van der Waals surface area contributed by atoms with E-state index in [4.69, 9.17) is 5.73 Å². The van der Waals surface area contributed by atoms with Gasteiger partial charge in [-0.3, -0.25) is 4.79 Å². The number of nitrogens with two attached hydrogens (primary N) is 1. The Hall–Kier alpha value is -4.06. The van der Waals surface area contributed by atoms with Crippen molar-refractivity contribution in [3.05, 3.63) is 64.1 Å². The van der Waals surface area contributed by atoms with Gasteiger partial charge in [-0.05, 0) is 40.8 Å². The number of anilines is 2. The SMILES string of the molecule is CC(=NNC(=O)c1nnn(-c2nonc2N)c1CN(C)c1ccccc1)c1cccs1. The molecule has 4 rings (SSSR count). The third-order valence-corrected chi connectivity index (χ3v) is 5.44. The predicted molar refractivity (Wildman–Crippen MR) is 116 cm³/mol. The molecule has 0 bridgehead atoms. The number of amides is 1. The summed E-state index contributed by atoms with van der Waals surface area (Å²) in [6, 6.07) is 13.5. The molecule has 0 radical (unpaired) electrons. The highest BCUT2D eigenvalue weighted by Crippen LogP contribution is 2.20. The number of carbonyl (C=O) groups is 1. The molecular formula is C19H19N9O2S. The summed E-state index contributed by atoms with van der Waals surface area (Å²) in [5.74, 6) is -0.318. The molecule has 4 aromatic rings. The number of benzene rings is 1. The number of hydrazone groups is 1. The topological polar surface area (TPSA) is 140 Å². The second kappa shape index (κ2) is 8.75. The van der Waals surface area contributed by atoms with Crippen LogP contribution in [0.25, 0.3) is 5.82 Å². The van der Waals surface area contributed by atoms with Crippen molar-refractivity contribution in [1.82, 2.24) is 30.7 Å². The first-order chi connectivity index (χ1) is 15.0. The molecule has 12 heteroatoms. The van der Waals surface area contributed by atoms with Gasteiger partial charge in [0.2, 0.25) is 11.6 Å². The summed E-state index contributed by atoms with van der Waals surface area (Å²) in [5, 5.41) is 21.6. The molecule has 0 spiro atoms. The Labute approximate surface area is 181 Å². The lowest BCUT2D eigenvalue weighted by Crippen LogP contribution is -2.25. The Morgan fingerprint density at radius 3 is 2.74 bits per heavy atom. The van der Waals surface area contributed by atoms with E-state index in [1.165, 1.54) is 16.0 Å². The van der Waals surface area contributed by atoms with Crippen LogP contribution in [0.4, 0.5) is 11.5 Å². The summed E-state index contributed by atoms with van der Waals surface area (Å²) in [5.41, 5.74) is 10.5. The zero-order valence-electron chi connectivity index (χ0n) is 16.8. The van der Waals surface area contributed by atoms with Crippen LogP contribution in [0.1, 0.15) is 28.0 Å². The minimum atomic E-state index is -0.506. The van der Waals surface area contributed by atoms with E-state index in [-0.39, 0.29) is 17.3 Å². The van der Waals surface area contributed by atoms with Gasteiger partial charge in [0.1, 0.15) is 0 Å². The summed E-state index contributed by atoms with van der Waals surface area (Å²) in [6.45, 7) is 2.11. The molecule has 1 aromatic carbocycles. The quantitative estimate of drug-likeness (QED) is 0.331. The molecule has 0 unspecified atom stereocenters. The van der Waals surface area contributed by atoms with Crippen molar-refractivity contribution in [2.45, 2.75) is 13.5 Å². The van der Waals surface area contributed by atoms with E-state index in [1.807, 2.05) is 66.7 Å². The molecule has 158 valence electrons. The molecule has 31 heavy (non-hydrogen) atoms. The summed E-state index contributed by atoms with van der Waals surface area (Å²) >= 11 is 1.53. The fraction of sp³-hybridized carbons (Fsp3) is 0.158. The Bertz CT molecular complexity index is 1200. The van der Waals surface area contributed by atoms with Gasteiger partial charge in [-0.15, -0.1) is 16.4 Å². The molecule has 0 aliphatic carbocycles. The second-order valence-corrected chi connectivity index (χ2v) is 7.52. The number of nitrogens with zero attached hydrogens (tertiary/aromatic N) is 7. The van der Waals surface area contributed by atoms with Crippen LogP contribution in [-0.2, 0) is 6.54 Å². The van der Waals surface area contributed by atoms with Gasteiger partial charge < -0.3 is 10.6 Å².